The monoisotopic (exact) mass is 483 g/mol. The number of benzene rings is 2. The highest BCUT2D eigenvalue weighted by molar-refractivity contribution is 5.88. The molecule has 3 N–H and O–H groups in total. The fraction of sp³-hybridized carbons (Fsp3) is 0.318. The third-order valence-electron chi connectivity index (χ3n) is 5.35. The molecule has 1 aliphatic heterocycles. The number of anilines is 2. The van der Waals surface area contributed by atoms with Crippen LogP contribution in [0.5, 0.6) is 0 Å². The van der Waals surface area contributed by atoms with Gasteiger partial charge >= 0.3 is 12.1 Å². The third-order valence-corrected chi connectivity index (χ3v) is 5.35. The summed E-state index contributed by atoms with van der Waals surface area (Å²) in [7, 11) is 1.99. The lowest BCUT2D eigenvalue weighted by Crippen LogP contribution is -2.34. The zero-order chi connectivity index (χ0) is 25.0. The Balaban J connectivity index is 0.000000406. The van der Waals surface area contributed by atoms with Gasteiger partial charge in [-0.25, -0.2) is 18.6 Å². The molecule has 7 nitrogen and oxygen atoms in total. The van der Waals surface area contributed by atoms with Crippen LogP contribution in [0.15, 0.2) is 42.5 Å². The number of para-hydroxylation sites is 1. The first-order valence-corrected chi connectivity index (χ1v) is 10.2. The minimum Gasteiger partial charge on any atom is -0.475 e. The summed E-state index contributed by atoms with van der Waals surface area (Å²) in [6.45, 7) is 2.14. The molecule has 12 heteroatoms. The van der Waals surface area contributed by atoms with E-state index in [-0.39, 0.29) is 6.04 Å². The number of hydrogen-bond donors (Lipinski definition) is 2. The number of aromatic nitrogens is 2. The molecule has 1 aromatic heterocycles. The topological polar surface area (TPSA) is 95.6 Å². The molecule has 0 radical (unpaired) electrons. The number of carbonyl (C=O) groups is 1. The van der Waals surface area contributed by atoms with E-state index in [2.05, 4.69) is 19.8 Å². The Hall–Kier alpha value is -3.54. The van der Waals surface area contributed by atoms with Crippen LogP contribution in [0.3, 0.4) is 0 Å². The Kier molecular flexibility index (Phi) is 7.50. The van der Waals surface area contributed by atoms with E-state index >= 15 is 0 Å². The van der Waals surface area contributed by atoms with E-state index in [1.54, 1.807) is 6.07 Å². The van der Waals surface area contributed by atoms with Gasteiger partial charge in [0.05, 0.1) is 5.52 Å². The molecule has 0 spiro atoms. The van der Waals surface area contributed by atoms with Gasteiger partial charge in [-0.2, -0.15) is 18.2 Å². The first-order chi connectivity index (χ1) is 16.0. The number of hydrogen-bond acceptors (Lipinski definition) is 6. The average Bonchev–Trinajstić information content (AvgIpc) is 3.27. The number of carboxylic acid groups (broad SMARTS) is 1. The third kappa shape index (κ3) is 6.07. The summed E-state index contributed by atoms with van der Waals surface area (Å²) in [5.41, 5.74) is 7.68. The lowest BCUT2D eigenvalue weighted by atomic mass is 10.1. The van der Waals surface area contributed by atoms with E-state index in [0.717, 1.165) is 36.0 Å². The van der Waals surface area contributed by atoms with Gasteiger partial charge in [-0.15, -0.1) is 0 Å². The van der Waals surface area contributed by atoms with Crippen LogP contribution >= 0.6 is 0 Å². The first kappa shape index (κ1) is 25.1. The Morgan fingerprint density at radius 1 is 1.18 bits per heavy atom. The fourth-order valence-corrected chi connectivity index (χ4v) is 3.57. The Labute approximate surface area is 191 Å². The summed E-state index contributed by atoms with van der Waals surface area (Å²) in [5.74, 6) is -3.27. The van der Waals surface area contributed by atoms with Crippen LogP contribution in [0.4, 0.5) is 33.7 Å². The quantitative estimate of drug-likeness (QED) is 0.545. The summed E-state index contributed by atoms with van der Waals surface area (Å²) >= 11 is 0. The smallest absolute Gasteiger partial charge is 0.475 e. The predicted octanol–water partition coefficient (Wildman–Crippen LogP) is 3.83. The minimum absolute atomic E-state index is 0.273. The average molecular weight is 483 g/mol. The minimum atomic E-state index is -5.08. The summed E-state index contributed by atoms with van der Waals surface area (Å²) in [4.78, 5) is 22.3. The second-order valence-corrected chi connectivity index (χ2v) is 7.78. The second-order valence-electron chi connectivity index (χ2n) is 7.78. The zero-order valence-electron chi connectivity index (χ0n) is 18.1. The molecule has 1 fully saturated rings. The highest BCUT2D eigenvalue weighted by Crippen LogP contribution is 2.25. The van der Waals surface area contributed by atoms with Gasteiger partial charge in [0.15, 0.2) is 11.6 Å². The van der Waals surface area contributed by atoms with Gasteiger partial charge in [-0.3, -0.25) is 4.90 Å². The number of likely N-dealkylation sites (N-methyl/N-ethyl adjacent to an activating group) is 1. The van der Waals surface area contributed by atoms with E-state index < -0.39 is 23.8 Å². The highest BCUT2D eigenvalue weighted by Gasteiger charge is 2.38. The van der Waals surface area contributed by atoms with Crippen molar-refractivity contribution in [3.63, 3.8) is 0 Å². The van der Waals surface area contributed by atoms with E-state index in [0.29, 0.717) is 18.3 Å². The van der Waals surface area contributed by atoms with E-state index in [9.17, 15) is 22.0 Å². The van der Waals surface area contributed by atoms with Gasteiger partial charge in [0.25, 0.3) is 0 Å². The van der Waals surface area contributed by atoms with Crippen molar-refractivity contribution in [3.05, 3.63) is 59.7 Å². The van der Waals surface area contributed by atoms with Gasteiger partial charge in [0, 0.05) is 31.1 Å². The molecule has 1 aliphatic rings. The maximum atomic E-state index is 13.4. The molecule has 1 saturated heterocycles. The molecule has 1 atom stereocenters. The standard InChI is InChI=1S/C20H21F2N5.C2HF3O2/c1-26(11-13-6-7-16(21)17(22)10-13)14-8-9-27(12-14)20-24-18-5-3-2-4-15(18)19(23)25-20;3-2(4,5)1(6)7/h2-7,10,14H,8-9,11-12H2,1H3,(H2,23,24,25);(H,6,7). The molecule has 1 unspecified atom stereocenters. The number of halogens is 5. The van der Waals surface area contributed by atoms with E-state index in [4.69, 9.17) is 15.6 Å². The molecule has 2 aromatic carbocycles. The molecule has 182 valence electrons. The van der Waals surface area contributed by atoms with Crippen LogP contribution in [0.25, 0.3) is 10.9 Å². The zero-order valence-corrected chi connectivity index (χ0v) is 18.1. The van der Waals surface area contributed by atoms with Crippen LogP contribution < -0.4 is 10.6 Å². The van der Waals surface area contributed by atoms with Gasteiger partial charge in [-0.05, 0) is 43.3 Å². The molecular weight excluding hydrogens is 461 g/mol. The Morgan fingerprint density at radius 3 is 2.50 bits per heavy atom. The van der Waals surface area contributed by atoms with Crippen molar-refractivity contribution >= 4 is 28.6 Å². The molecule has 0 saturated carbocycles. The Bertz CT molecular complexity index is 1170. The normalized spacial score (nSPS) is 16.0. The van der Waals surface area contributed by atoms with E-state index in [1.165, 1.54) is 12.1 Å². The molecule has 0 bridgehead atoms. The van der Waals surface area contributed by atoms with Crippen molar-refractivity contribution in [1.29, 1.82) is 0 Å². The van der Waals surface area contributed by atoms with Crippen molar-refractivity contribution < 1.29 is 31.9 Å². The number of nitrogens with two attached hydrogens (primary N) is 1. The van der Waals surface area contributed by atoms with Gasteiger partial charge < -0.3 is 15.7 Å². The predicted molar refractivity (Wildman–Crippen MR) is 116 cm³/mol. The van der Waals surface area contributed by atoms with E-state index in [1.807, 2.05) is 31.3 Å². The second kappa shape index (κ2) is 10.2. The number of fused-ring (bicyclic) bond motifs is 1. The lowest BCUT2D eigenvalue weighted by molar-refractivity contribution is -0.192. The number of aliphatic carboxylic acids is 1. The van der Waals surface area contributed by atoms with Crippen molar-refractivity contribution in [2.24, 2.45) is 0 Å². The van der Waals surface area contributed by atoms with Gasteiger partial charge in [-0.1, -0.05) is 18.2 Å². The number of carboxylic acids is 1. The SMILES string of the molecule is CN(Cc1ccc(F)c(F)c1)C1CCN(c2nc(N)c3ccccc3n2)C1.O=C(O)C(F)(F)F. The van der Waals surface area contributed by atoms with Crippen molar-refractivity contribution in [3.8, 4) is 0 Å². The maximum Gasteiger partial charge on any atom is 0.490 e. The van der Waals surface area contributed by atoms with Crippen molar-refractivity contribution in [2.45, 2.75) is 25.2 Å². The lowest BCUT2D eigenvalue weighted by Gasteiger charge is -2.25. The summed E-state index contributed by atoms with van der Waals surface area (Å²) in [6, 6.07) is 12.0. The van der Waals surface area contributed by atoms with Crippen LogP contribution in [-0.4, -0.2) is 58.3 Å². The number of nitrogen functional groups attached to an aromatic ring is 1. The molecule has 2 heterocycles. The summed E-state index contributed by atoms with van der Waals surface area (Å²) in [5, 5.41) is 7.98. The van der Waals surface area contributed by atoms with Crippen LogP contribution in [0.1, 0.15) is 12.0 Å². The largest absolute Gasteiger partial charge is 0.490 e. The van der Waals surface area contributed by atoms with Crippen LogP contribution in [-0.2, 0) is 11.3 Å². The molecule has 0 amide bonds. The molecule has 3 aromatic rings. The maximum absolute atomic E-state index is 13.4. The van der Waals surface area contributed by atoms with Crippen LogP contribution in [0, 0.1) is 11.6 Å². The molecule has 34 heavy (non-hydrogen) atoms. The van der Waals surface area contributed by atoms with Gasteiger partial charge in [0.1, 0.15) is 5.82 Å². The van der Waals surface area contributed by atoms with Crippen molar-refractivity contribution in [1.82, 2.24) is 14.9 Å². The number of nitrogens with zero attached hydrogens (tertiary/aromatic N) is 4. The number of alkyl halides is 3. The highest BCUT2D eigenvalue weighted by atomic mass is 19.4. The first-order valence-electron chi connectivity index (χ1n) is 10.2. The van der Waals surface area contributed by atoms with Gasteiger partial charge in [0.2, 0.25) is 5.95 Å². The summed E-state index contributed by atoms with van der Waals surface area (Å²) < 4.78 is 58.3. The molecular formula is C22H22F5N5O2. The Morgan fingerprint density at radius 2 is 1.85 bits per heavy atom. The fourth-order valence-electron chi connectivity index (χ4n) is 3.57. The molecule has 0 aliphatic carbocycles. The van der Waals surface area contributed by atoms with Crippen molar-refractivity contribution in [2.75, 3.05) is 30.8 Å². The van der Waals surface area contributed by atoms with Crippen LogP contribution in [0.2, 0.25) is 0 Å². The number of rotatable bonds is 4. The molecule has 4 rings (SSSR count). The summed E-state index contributed by atoms with van der Waals surface area (Å²) in [6.07, 6.45) is -4.14.